The molecule has 1 heterocycles. The monoisotopic (exact) mass is 450 g/mol. The maximum atomic E-state index is 12.9. The third kappa shape index (κ3) is 7.25. The van der Waals surface area contributed by atoms with Crippen molar-refractivity contribution in [3.8, 4) is 0 Å². The summed E-state index contributed by atoms with van der Waals surface area (Å²) in [5.41, 5.74) is 2.36. The van der Waals surface area contributed by atoms with Gasteiger partial charge in [-0.3, -0.25) is 10.2 Å². The number of alkyl carbamates (subject to hydrolysis) is 1. The van der Waals surface area contributed by atoms with Crippen molar-refractivity contribution in [2.45, 2.75) is 63.9 Å². The first kappa shape index (κ1) is 24.7. The number of likely N-dealkylation sites (tertiary alicyclic amines) is 1. The molecule has 31 heavy (non-hydrogen) atoms. The molecule has 4 N–H and O–H groups in total. The SMILES string of the molecule is CC(C(=O)NN)[C@H]1CC[C@@]([SiH3])(NC(=O)OCc2ccccc2)CN1C(=O)OC(C)(C)C. The Hall–Kier alpha value is -2.59. The van der Waals surface area contributed by atoms with Crippen molar-refractivity contribution in [2.24, 2.45) is 11.8 Å². The number of hydrogen-bond acceptors (Lipinski definition) is 6. The summed E-state index contributed by atoms with van der Waals surface area (Å²) >= 11 is 0. The van der Waals surface area contributed by atoms with Gasteiger partial charge in [0.25, 0.3) is 0 Å². The van der Waals surface area contributed by atoms with Crippen LogP contribution in [-0.2, 0) is 20.9 Å². The zero-order chi connectivity index (χ0) is 23.2. The van der Waals surface area contributed by atoms with E-state index >= 15 is 0 Å². The number of carbonyl (C=O) groups is 3. The zero-order valence-corrected chi connectivity index (χ0v) is 20.9. The van der Waals surface area contributed by atoms with Crippen molar-refractivity contribution >= 4 is 28.3 Å². The fraction of sp³-hybridized carbons (Fsp3) is 0.571. The molecule has 0 bridgehead atoms. The van der Waals surface area contributed by atoms with Gasteiger partial charge in [-0.1, -0.05) is 37.3 Å². The molecule has 1 aliphatic rings. The number of amides is 3. The molecular formula is C21H34N4O5Si. The van der Waals surface area contributed by atoms with E-state index in [4.69, 9.17) is 15.3 Å². The Morgan fingerprint density at radius 3 is 2.52 bits per heavy atom. The fourth-order valence-electron chi connectivity index (χ4n) is 3.65. The highest BCUT2D eigenvalue weighted by atomic mass is 28.1. The molecule has 0 radical (unpaired) electrons. The van der Waals surface area contributed by atoms with E-state index < -0.39 is 28.9 Å². The first-order valence-corrected chi connectivity index (χ1v) is 11.4. The number of nitrogens with two attached hydrogens (primary N) is 1. The number of nitrogens with one attached hydrogen (secondary N) is 2. The lowest BCUT2D eigenvalue weighted by Crippen LogP contribution is -2.65. The van der Waals surface area contributed by atoms with Gasteiger partial charge in [0, 0.05) is 28.0 Å². The van der Waals surface area contributed by atoms with Crippen LogP contribution >= 0.6 is 0 Å². The summed E-state index contributed by atoms with van der Waals surface area (Å²) in [4.78, 5) is 39.0. The van der Waals surface area contributed by atoms with Crippen molar-refractivity contribution in [1.82, 2.24) is 15.6 Å². The number of nitrogens with zero attached hydrogens (tertiary/aromatic N) is 1. The van der Waals surface area contributed by atoms with Crippen LogP contribution in [0.15, 0.2) is 30.3 Å². The minimum absolute atomic E-state index is 0.163. The van der Waals surface area contributed by atoms with Gasteiger partial charge < -0.3 is 19.7 Å². The molecule has 1 aliphatic heterocycles. The molecule has 3 atom stereocenters. The molecule has 172 valence electrons. The Balaban J connectivity index is 2.10. The van der Waals surface area contributed by atoms with Crippen LogP contribution in [0.3, 0.4) is 0 Å². The molecule has 1 aromatic carbocycles. The Bertz CT molecular complexity index is 786. The second kappa shape index (κ2) is 10.1. The number of benzene rings is 1. The highest BCUT2D eigenvalue weighted by Gasteiger charge is 2.44. The first-order chi connectivity index (χ1) is 14.4. The molecule has 0 aliphatic carbocycles. The van der Waals surface area contributed by atoms with Gasteiger partial charge in [0.1, 0.15) is 12.2 Å². The molecule has 10 heteroatoms. The number of rotatable bonds is 5. The van der Waals surface area contributed by atoms with E-state index in [1.54, 1.807) is 32.6 Å². The standard InChI is InChI=1S/C21H34N4O5Si/c1-14(17(26)24-22)16-10-11-21(31,13-25(16)19(28)30-20(2,3)4)23-18(27)29-12-15-8-6-5-7-9-15/h5-9,14,16H,10-13,22H2,1-4,31H3,(H,23,27)(H,24,26)/t14?,16-,21+/m1/s1. The largest absolute Gasteiger partial charge is 0.445 e. The third-order valence-electron chi connectivity index (χ3n) is 5.29. The van der Waals surface area contributed by atoms with Crippen molar-refractivity contribution < 1.29 is 23.9 Å². The van der Waals surface area contributed by atoms with Crippen LogP contribution < -0.4 is 16.6 Å². The molecule has 0 aromatic heterocycles. The quantitative estimate of drug-likeness (QED) is 0.266. The van der Waals surface area contributed by atoms with E-state index in [2.05, 4.69) is 10.7 Å². The predicted molar refractivity (Wildman–Crippen MR) is 120 cm³/mol. The van der Waals surface area contributed by atoms with E-state index in [1.807, 2.05) is 30.3 Å². The summed E-state index contributed by atoms with van der Waals surface area (Å²) < 4.78 is 10.9. The smallest absolute Gasteiger partial charge is 0.410 e. The average Bonchev–Trinajstić information content (AvgIpc) is 2.70. The van der Waals surface area contributed by atoms with E-state index in [0.29, 0.717) is 23.1 Å². The van der Waals surface area contributed by atoms with Crippen LogP contribution in [0.25, 0.3) is 0 Å². The topological polar surface area (TPSA) is 123 Å². The number of hydrazine groups is 1. The second-order valence-corrected chi connectivity index (χ2v) is 11.2. The molecule has 2 rings (SSSR count). The van der Waals surface area contributed by atoms with Gasteiger partial charge in [0.05, 0.1) is 5.92 Å². The van der Waals surface area contributed by atoms with Crippen molar-refractivity contribution in [2.75, 3.05) is 6.54 Å². The molecule has 9 nitrogen and oxygen atoms in total. The van der Waals surface area contributed by atoms with E-state index in [1.165, 1.54) is 0 Å². The highest BCUT2D eigenvalue weighted by molar-refractivity contribution is 6.17. The Morgan fingerprint density at radius 2 is 1.94 bits per heavy atom. The molecule has 1 fully saturated rings. The van der Waals surface area contributed by atoms with Gasteiger partial charge in [0.2, 0.25) is 5.91 Å². The summed E-state index contributed by atoms with van der Waals surface area (Å²) in [7, 11) is 0.579. The summed E-state index contributed by atoms with van der Waals surface area (Å²) in [6.45, 7) is 7.48. The van der Waals surface area contributed by atoms with Crippen molar-refractivity contribution in [1.29, 1.82) is 0 Å². The molecular weight excluding hydrogens is 416 g/mol. The van der Waals surface area contributed by atoms with Crippen molar-refractivity contribution in [3.05, 3.63) is 35.9 Å². The molecule has 3 amide bonds. The Morgan fingerprint density at radius 1 is 1.29 bits per heavy atom. The molecule has 1 unspecified atom stereocenters. The van der Waals surface area contributed by atoms with E-state index in [-0.39, 0.29) is 25.1 Å². The maximum absolute atomic E-state index is 12.9. The van der Waals surface area contributed by atoms with Crippen LogP contribution in [0.5, 0.6) is 0 Å². The number of hydrogen-bond donors (Lipinski definition) is 3. The maximum Gasteiger partial charge on any atom is 0.410 e. The zero-order valence-electron chi connectivity index (χ0n) is 18.9. The minimum Gasteiger partial charge on any atom is -0.445 e. The average molecular weight is 451 g/mol. The van der Waals surface area contributed by atoms with Gasteiger partial charge in [0.15, 0.2) is 0 Å². The minimum atomic E-state index is -0.686. The van der Waals surface area contributed by atoms with E-state index in [9.17, 15) is 14.4 Å². The normalized spacial score (nSPS) is 22.4. The summed E-state index contributed by atoms with van der Waals surface area (Å²) in [6.07, 6.45) is 0.0880. The van der Waals surface area contributed by atoms with Crippen LogP contribution in [0.1, 0.15) is 46.1 Å². The first-order valence-electron chi connectivity index (χ1n) is 10.4. The lowest BCUT2D eigenvalue weighted by molar-refractivity contribution is -0.127. The van der Waals surface area contributed by atoms with Crippen LogP contribution in [0, 0.1) is 5.92 Å². The van der Waals surface area contributed by atoms with Gasteiger partial charge in [-0.2, -0.15) is 0 Å². The number of carbonyl (C=O) groups excluding carboxylic acids is 3. The van der Waals surface area contributed by atoms with Crippen LogP contribution in [-0.4, -0.2) is 56.6 Å². The summed E-state index contributed by atoms with van der Waals surface area (Å²) in [5, 5.41) is 2.34. The number of ether oxygens (including phenoxy) is 2. The Kier molecular flexibility index (Phi) is 8.07. The van der Waals surface area contributed by atoms with Gasteiger partial charge in [-0.25, -0.2) is 15.4 Å². The molecule has 0 saturated carbocycles. The Labute approximate surface area is 186 Å². The molecule has 1 aromatic rings. The number of piperidine rings is 1. The van der Waals surface area contributed by atoms with Crippen molar-refractivity contribution in [3.63, 3.8) is 0 Å². The second-order valence-electron chi connectivity index (χ2n) is 9.26. The van der Waals surface area contributed by atoms with E-state index in [0.717, 1.165) is 5.56 Å². The van der Waals surface area contributed by atoms with Crippen LogP contribution in [0.2, 0.25) is 0 Å². The lowest BCUT2D eigenvalue weighted by atomic mass is 9.88. The van der Waals surface area contributed by atoms with Crippen LogP contribution in [0.4, 0.5) is 9.59 Å². The summed E-state index contributed by atoms with van der Waals surface area (Å²) in [5.74, 6) is 4.43. The molecule has 1 saturated heterocycles. The third-order valence-corrected chi connectivity index (χ3v) is 6.36. The summed E-state index contributed by atoms with van der Waals surface area (Å²) in [6, 6.07) is 9.02. The van der Waals surface area contributed by atoms with Gasteiger partial charge in [-0.05, 0) is 39.2 Å². The van der Waals surface area contributed by atoms with Gasteiger partial charge >= 0.3 is 12.2 Å². The lowest BCUT2D eigenvalue weighted by Gasteiger charge is -2.46. The predicted octanol–water partition coefficient (Wildman–Crippen LogP) is 1.00. The molecule has 0 spiro atoms. The van der Waals surface area contributed by atoms with Gasteiger partial charge in [-0.15, -0.1) is 0 Å². The highest BCUT2D eigenvalue weighted by Crippen LogP contribution is 2.30. The fourth-order valence-corrected chi connectivity index (χ4v) is 4.48.